The molecule has 0 radical (unpaired) electrons. The summed E-state index contributed by atoms with van der Waals surface area (Å²) in [6.07, 6.45) is 1.09. The maximum absolute atomic E-state index is 13.1. The lowest BCUT2D eigenvalue weighted by Crippen LogP contribution is -2.37. The third-order valence-corrected chi connectivity index (χ3v) is 6.14. The smallest absolute Gasteiger partial charge is 0.333 e. The van der Waals surface area contributed by atoms with Gasteiger partial charge >= 0.3 is 5.97 Å². The van der Waals surface area contributed by atoms with Crippen molar-refractivity contribution < 1.29 is 22.9 Å². The summed E-state index contributed by atoms with van der Waals surface area (Å²) in [5, 5.41) is 10.9. The molecule has 0 bridgehead atoms. The Kier molecular flexibility index (Phi) is 5.14. The topological polar surface area (TPSA) is 119 Å². The minimum Gasteiger partial charge on any atom is -0.467 e. The monoisotopic (exact) mass is 403 g/mol. The molecule has 2 aromatic carbocycles. The number of aryl methyl sites for hydroxylation is 1. The molecule has 0 aromatic heterocycles. The Morgan fingerprint density at radius 3 is 2.29 bits per heavy atom. The summed E-state index contributed by atoms with van der Waals surface area (Å²) in [5.41, 5.74) is 1.13. The van der Waals surface area contributed by atoms with Crippen molar-refractivity contribution in [2.75, 3.05) is 7.11 Å². The number of benzene rings is 2. The zero-order valence-corrected chi connectivity index (χ0v) is 15.9. The zero-order valence-electron chi connectivity index (χ0n) is 15.1. The lowest BCUT2D eigenvalue weighted by Gasteiger charge is -2.27. The van der Waals surface area contributed by atoms with Gasteiger partial charge in [0.15, 0.2) is 6.04 Å². The van der Waals surface area contributed by atoms with E-state index in [2.05, 4.69) is 4.99 Å². The fourth-order valence-corrected chi connectivity index (χ4v) is 4.34. The molecule has 0 spiro atoms. The van der Waals surface area contributed by atoms with E-state index < -0.39 is 33.0 Å². The maximum Gasteiger partial charge on any atom is 0.333 e. The number of non-ortho nitro benzene ring substituents is 1. The van der Waals surface area contributed by atoms with Gasteiger partial charge in [-0.1, -0.05) is 17.7 Å². The van der Waals surface area contributed by atoms with Crippen LogP contribution < -0.4 is 0 Å². The molecule has 146 valence electrons. The van der Waals surface area contributed by atoms with Crippen molar-refractivity contribution >= 4 is 28.0 Å². The summed E-state index contributed by atoms with van der Waals surface area (Å²) >= 11 is 0. The van der Waals surface area contributed by atoms with Crippen LogP contribution in [0.5, 0.6) is 0 Å². The molecule has 2 unspecified atom stereocenters. The predicted molar refractivity (Wildman–Crippen MR) is 100 cm³/mol. The van der Waals surface area contributed by atoms with Crippen molar-refractivity contribution in [3.05, 3.63) is 69.8 Å². The van der Waals surface area contributed by atoms with Crippen LogP contribution in [0.4, 0.5) is 5.69 Å². The highest BCUT2D eigenvalue weighted by molar-refractivity contribution is 7.89. The molecule has 0 saturated carbocycles. The molecule has 0 N–H and O–H groups in total. The molecular weight excluding hydrogens is 386 g/mol. The average molecular weight is 403 g/mol. The summed E-state index contributed by atoms with van der Waals surface area (Å²) in [6.45, 7) is 1.83. The van der Waals surface area contributed by atoms with E-state index in [0.717, 1.165) is 16.2 Å². The second-order valence-electron chi connectivity index (χ2n) is 6.17. The second-order valence-corrected chi connectivity index (χ2v) is 8.02. The molecular formula is C18H17N3O6S. The van der Waals surface area contributed by atoms with Crippen LogP contribution in [0.15, 0.2) is 58.4 Å². The molecule has 0 saturated heterocycles. The number of ether oxygens (including phenoxy) is 1. The molecule has 9 nitrogen and oxygen atoms in total. The molecule has 0 aliphatic carbocycles. The highest BCUT2D eigenvalue weighted by atomic mass is 32.2. The third kappa shape index (κ3) is 3.46. The number of nitro benzene ring substituents is 1. The van der Waals surface area contributed by atoms with Crippen molar-refractivity contribution in [3.8, 4) is 0 Å². The van der Waals surface area contributed by atoms with E-state index in [0.29, 0.717) is 5.56 Å². The number of aliphatic imine (C=N–C) groups is 1. The number of esters is 1. The summed E-state index contributed by atoms with van der Waals surface area (Å²) < 4.78 is 32.0. The van der Waals surface area contributed by atoms with Crippen molar-refractivity contribution in [2.45, 2.75) is 23.9 Å². The molecule has 0 fully saturated rings. The van der Waals surface area contributed by atoms with E-state index in [4.69, 9.17) is 4.74 Å². The highest BCUT2D eigenvalue weighted by Crippen LogP contribution is 2.35. The number of carbonyl (C=O) groups is 1. The van der Waals surface area contributed by atoms with Gasteiger partial charge in [-0.2, -0.15) is 0 Å². The van der Waals surface area contributed by atoms with E-state index >= 15 is 0 Å². The van der Waals surface area contributed by atoms with Crippen LogP contribution in [0.2, 0.25) is 0 Å². The normalized spacial score (nSPS) is 18.9. The first-order valence-corrected chi connectivity index (χ1v) is 9.65. The Morgan fingerprint density at radius 2 is 1.75 bits per heavy atom. The summed E-state index contributed by atoms with van der Waals surface area (Å²) in [4.78, 5) is 26.6. The fourth-order valence-electron chi connectivity index (χ4n) is 2.91. The van der Waals surface area contributed by atoms with Crippen LogP contribution in [0.25, 0.3) is 0 Å². The van der Waals surface area contributed by atoms with Crippen LogP contribution in [0.1, 0.15) is 17.2 Å². The van der Waals surface area contributed by atoms with Crippen molar-refractivity contribution in [1.29, 1.82) is 0 Å². The van der Waals surface area contributed by atoms with Crippen LogP contribution in [0.3, 0.4) is 0 Å². The average Bonchev–Trinajstić information content (AvgIpc) is 3.13. The van der Waals surface area contributed by atoms with Crippen LogP contribution in [-0.2, 0) is 19.6 Å². The Balaban J connectivity index is 2.06. The summed E-state index contributed by atoms with van der Waals surface area (Å²) in [6, 6.07) is 9.45. The first-order valence-electron chi connectivity index (χ1n) is 8.21. The van der Waals surface area contributed by atoms with Crippen molar-refractivity contribution in [1.82, 2.24) is 4.31 Å². The van der Waals surface area contributed by atoms with Crippen LogP contribution >= 0.6 is 0 Å². The minimum absolute atomic E-state index is 0.0435. The quantitative estimate of drug-likeness (QED) is 0.429. The van der Waals surface area contributed by atoms with E-state index in [1.807, 2.05) is 6.92 Å². The van der Waals surface area contributed by atoms with E-state index in [1.54, 1.807) is 12.1 Å². The highest BCUT2D eigenvalue weighted by Gasteiger charge is 2.43. The fraction of sp³-hybridized carbons (Fsp3) is 0.222. The number of carbonyl (C=O) groups excluding carboxylic acids is 1. The summed E-state index contributed by atoms with van der Waals surface area (Å²) in [5.74, 6) is -0.707. The number of nitro groups is 1. The second kappa shape index (κ2) is 7.39. The minimum atomic E-state index is -4.01. The molecule has 2 aromatic rings. The number of sulfonamides is 1. The molecule has 3 rings (SSSR count). The van der Waals surface area contributed by atoms with Crippen LogP contribution in [0, 0.1) is 17.0 Å². The van der Waals surface area contributed by atoms with Gasteiger partial charge in [-0.25, -0.2) is 17.5 Å². The SMILES string of the molecule is COC(=O)C1N=CN(S(=O)(=O)c2ccc(C)cc2)C1c1ccc([N+](=O)[O-])cc1. The van der Waals surface area contributed by atoms with Gasteiger partial charge in [-0.15, -0.1) is 0 Å². The van der Waals surface area contributed by atoms with Gasteiger partial charge < -0.3 is 4.74 Å². The molecule has 10 heteroatoms. The molecule has 2 atom stereocenters. The Bertz CT molecular complexity index is 1030. The molecule has 1 aliphatic heterocycles. The molecule has 1 heterocycles. The number of hydrogen-bond donors (Lipinski definition) is 0. The van der Waals surface area contributed by atoms with E-state index in [9.17, 15) is 23.3 Å². The van der Waals surface area contributed by atoms with Gasteiger partial charge in [0.2, 0.25) is 0 Å². The van der Waals surface area contributed by atoms with Gasteiger partial charge in [0.25, 0.3) is 15.7 Å². The first-order chi connectivity index (χ1) is 13.3. The zero-order chi connectivity index (χ0) is 20.5. The first kappa shape index (κ1) is 19.5. The van der Waals surface area contributed by atoms with Gasteiger partial charge in [0.1, 0.15) is 12.4 Å². The van der Waals surface area contributed by atoms with Crippen molar-refractivity contribution in [3.63, 3.8) is 0 Å². The van der Waals surface area contributed by atoms with Gasteiger partial charge in [0.05, 0.1) is 16.9 Å². The van der Waals surface area contributed by atoms with E-state index in [1.165, 1.54) is 43.5 Å². The Morgan fingerprint density at radius 1 is 1.14 bits per heavy atom. The van der Waals surface area contributed by atoms with Crippen molar-refractivity contribution in [2.24, 2.45) is 4.99 Å². The van der Waals surface area contributed by atoms with E-state index in [-0.39, 0.29) is 10.6 Å². The van der Waals surface area contributed by atoms with Gasteiger partial charge in [-0.3, -0.25) is 15.1 Å². The Hall–Kier alpha value is -3.27. The van der Waals surface area contributed by atoms with Gasteiger partial charge in [-0.05, 0) is 36.8 Å². The number of nitrogens with zero attached hydrogens (tertiary/aromatic N) is 3. The number of hydrogen-bond acceptors (Lipinski definition) is 7. The van der Waals surface area contributed by atoms with Crippen LogP contribution in [-0.4, -0.2) is 43.1 Å². The Labute approximate surface area is 161 Å². The standard InChI is InChI=1S/C18H17N3O6S/c1-12-3-9-15(10-4-12)28(25,26)20-11-19-16(18(22)27-2)17(20)13-5-7-14(8-6-13)21(23)24/h3-11,16-17H,1-2H3. The lowest BCUT2D eigenvalue weighted by atomic mass is 10.0. The number of rotatable bonds is 5. The molecule has 0 amide bonds. The van der Waals surface area contributed by atoms with Gasteiger partial charge in [0, 0.05) is 12.1 Å². The largest absolute Gasteiger partial charge is 0.467 e. The lowest BCUT2D eigenvalue weighted by molar-refractivity contribution is -0.384. The molecule has 28 heavy (non-hydrogen) atoms. The maximum atomic E-state index is 13.1. The molecule has 1 aliphatic rings. The predicted octanol–water partition coefficient (Wildman–Crippen LogP) is 2.22. The third-order valence-electron chi connectivity index (χ3n) is 4.40. The number of methoxy groups -OCH3 is 1. The summed E-state index contributed by atoms with van der Waals surface area (Å²) in [7, 11) is -2.83.